The second-order valence-electron chi connectivity index (χ2n) is 10.2. The molecule has 226 valence electrons. The van der Waals surface area contributed by atoms with Gasteiger partial charge in [-0.1, -0.05) is 0 Å². The van der Waals surface area contributed by atoms with E-state index in [1.165, 1.54) is 4.57 Å². The van der Waals surface area contributed by atoms with Gasteiger partial charge in [0.15, 0.2) is 5.49 Å². The molecule has 3 aromatic rings. The van der Waals surface area contributed by atoms with E-state index in [0.717, 1.165) is 45.7 Å². The van der Waals surface area contributed by atoms with Gasteiger partial charge in [-0.25, -0.2) is 19.1 Å². The molecule has 1 aromatic carbocycles. The van der Waals surface area contributed by atoms with Crippen molar-refractivity contribution in [3.63, 3.8) is 0 Å². The number of benzene rings is 1. The molecule has 12 nitrogen and oxygen atoms in total. The van der Waals surface area contributed by atoms with Crippen molar-refractivity contribution in [1.82, 2.24) is 30.0 Å². The number of hydrogen-bond acceptors (Lipinski definition) is 8. The molecule has 0 aliphatic carbocycles. The second kappa shape index (κ2) is 14.6. The number of likely N-dealkylation sites (N-methyl/N-ethyl adjacent to an activating group) is 1. The third-order valence-corrected chi connectivity index (χ3v) is 7.19. The number of ether oxygens (including phenoxy) is 2. The van der Waals surface area contributed by atoms with E-state index >= 15 is 0 Å². The maximum Gasteiger partial charge on any atom is 0.342 e. The molecular weight excluding hydrogens is 536 g/mol. The number of fused-ring (bicyclic) bond motifs is 1. The number of pyridine rings is 2. The van der Waals surface area contributed by atoms with E-state index in [4.69, 9.17) is 9.47 Å². The molecule has 3 amide bonds. The number of aromatic nitrogens is 2. The number of rotatable bonds is 10. The fraction of sp³-hybridized carbons (Fsp3) is 0.467. The minimum atomic E-state index is -0.553. The first-order valence-corrected chi connectivity index (χ1v) is 14.4. The Kier molecular flexibility index (Phi) is 10.7. The van der Waals surface area contributed by atoms with Gasteiger partial charge in [-0.15, -0.1) is 0 Å². The van der Waals surface area contributed by atoms with Crippen LogP contribution >= 0.6 is 0 Å². The lowest BCUT2D eigenvalue weighted by Gasteiger charge is -2.32. The van der Waals surface area contributed by atoms with Gasteiger partial charge in [-0.2, -0.15) is 4.99 Å². The summed E-state index contributed by atoms with van der Waals surface area (Å²) in [6.07, 6.45) is 2.69. The van der Waals surface area contributed by atoms with Crippen LogP contribution in [0.4, 0.5) is 15.4 Å². The summed E-state index contributed by atoms with van der Waals surface area (Å²) in [5.41, 5.74) is 1.97. The van der Waals surface area contributed by atoms with Crippen LogP contribution in [0.1, 0.15) is 20.3 Å². The largest absolute Gasteiger partial charge is 0.497 e. The summed E-state index contributed by atoms with van der Waals surface area (Å²) in [6, 6.07) is 8.12. The fourth-order valence-corrected chi connectivity index (χ4v) is 4.91. The van der Waals surface area contributed by atoms with E-state index < -0.39 is 12.1 Å². The number of amides is 3. The Morgan fingerprint density at radius 1 is 0.952 bits per heavy atom. The first-order valence-electron chi connectivity index (χ1n) is 14.4. The van der Waals surface area contributed by atoms with Crippen LogP contribution in [-0.4, -0.2) is 105 Å². The quantitative estimate of drug-likeness (QED) is 0.314. The molecule has 1 aliphatic rings. The Bertz CT molecular complexity index is 1440. The van der Waals surface area contributed by atoms with Crippen molar-refractivity contribution in [2.45, 2.75) is 20.3 Å². The van der Waals surface area contributed by atoms with Gasteiger partial charge < -0.3 is 35.2 Å². The fourth-order valence-electron chi connectivity index (χ4n) is 4.91. The van der Waals surface area contributed by atoms with Gasteiger partial charge in [0.1, 0.15) is 17.3 Å². The summed E-state index contributed by atoms with van der Waals surface area (Å²) in [7, 11) is 5.29. The van der Waals surface area contributed by atoms with Crippen molar-refractivity contribution in [3.8, 4) is 22.6 Å². The lowest BCUT2D eigenvalue weighted by molar-refractivity contribution is 0.154. The molecule has 1 aliphatic heterocycles. The van der Waals surface area contributed by atoms with E-state index in [-0.39, 0.29) is 5.49 Å². The van der Waals surface area contributed by atoms with Crippen molar-refractivity contribution >= 4 is 28.8 Å². The lowest BCUT2D eigenvalue weighted by Crippen LogP contribution is -2.44. The zero-order chi connectivity index (χ0) is 30.1. The molecule has 3 N–H and O–H groups in total. The Morgan fingerprint density at radius 3 is 2.29 bits per heavy atom. The monoisotopic (exact) mass is 578 g/mol. The number of carbonyl (C=O) groups is 2. The van der Waals surface area contributed by atoms with Crippen molar-refractivity contribution in [2.24, 2.45) is 4.99 Å². The number of nitrogens with zero attached hydrogens (tertiary/aromatic N) is 5. The van der Waals surface area contributed by atoms with Crippen LogP contribution in [-0.2, 0) is 0 Å². The van der Waals surface area contributed by atoms with Crippen LogP contribution in [0.25, 0.3) is 22.0 Å². The van der Waals surface area contributed by atoms with Crippen LogP contribution in [0.5, 0.6) is 11.5 Å². The van der Waals surface area contributed by atoms with Gasteiger partial charge >= 0.3 is 12.1 Å². The third-order valence-electron chi connectivity index (χ3n) is 7.19. The maximum absolute atomic E-state index is 13.6. The summed E-state index contributed by atoms with van der Waals surface area (Å²) >= 11 is 0. The molecule has 0 saturated carbocycles. The molecule has 4 rings (SSSR count). The van der Waals surface area contributed by atoms with Gasteiger partial charge in [-0.3, -0.25) is 0 Å². The molecule has 1 saturated heterocycles. The normalized spacial score (nSPS) is 14.5. The standard InChI is InChI=1S/C30H42N8O4/c1-6-31-29(39)35-28-25(21-15-23(41-4)18-24(16-21)42-5)17-22-20-34-27(19-26(22)38(28)30(40)32-7-2)33-9-8-10-37-13-11-36(3)12-14-37/h15-20H,6-14H2,1-5H3,(H,31,39)(H,32,40)(H,33,34)/b35-28-. The summed E-state index contributed by atoms with van der Waals surface area (Å²) in [5.74, 6) is 1.76. The molecule has 0 radical (unpaired) electrons. The van der Waals surface area contributed by atoms with Crippen LogP contribution in [0.15, 0.2) is 41.5 Å². The Labute approximate surface area is 246 Å². The molecule has 12 heteroatoms. The van der Waals surface area contributed by atoms with Gasteiger partial charge in [0.25, 0.3) is 0 Å². The van der Waals surface area contributed by atoms with E-state index in [0.29, 0.717) is 52.4 Å². The topological polar surface area (TPSA) is 125 Å². The van der Waals surface area contributed by atoms with E-state index in [1.54, 1.807) is 26.5 Å². The predicted octanol–water partition coefficient (Wildman–Crippen LogP) is 2.98. The SMILES string of the molecule is CCNC(=O)/N=c1/c(-c2cc(OC)cc(OC)c2)cc2cnc(NCCCN3CCN(C)CC3)cc2n1C(=O)NCC. The number of urea groups is 1. The Balaban J connectivity index is 1.78. The van der Waals surface area contributed by atoms with E-state index in [9.17, 15) is 9.59 Å². The number of piperazine rings is 1. The van der Waals surface area contributed by atoms with Crippen molar-refractivity contribution in [2.75, 3.05) is 78.9 Å². The first kappa shape index (κ1) is 30.8. The molecular formula is C30H42N8O4. The van der Waals surface area contributed by atoms with E-state index in [1.807, 2.05) is 38.1 Å². The second-order valence-corrected chi connectivity index (χ2v) is 10.2. The minimum absolute atomic E-state index is 0.182. The zero-order valence-corrected chi connectivity index (χ0v) is 25.2. The van der Waals surface area contributed by atoms with Crippen LogP contribution in [0, 0.1) is 0 Å². The average Bonchev–Trinajstić information content (AvgIpc) is 2.99. The lowest BCUT2D eigenvalue weighted by atomic mass is 10.0. The third kappa shape index (κ3) is 7.56. The maximum atomic E-state index is 13.6. The molecule has 0 unspecified atom stereocenters. The molecule has 0 atom stereocenters. The van der Waals surface area contributed by atoms with E-state index in [2.05, 4.69) is 42.8 Å². The highest BCUT2D eigenvalue weighted by atomic mass is 16.5. The Morgan fingerprint density at radius 2 is 1.64 bits per heavy atom. The van der Waals surface area contributed by atoms with Crippen molar-refractivity contribution in [3.05, 3.63) is 42.0 Å². The van der Waals surface area contributed by atoms with Gasteiger partial charge in [-0.05, 0) is 57.6 Å². The minimum Gasteiger partial charge on any atom is -0.497 e. The average molecular weight is 579 g/mol. The summed E-state index contributed by atoms with van der Waals surface area (Å²) in [4.78, 5) is 40.2. The van der Waals surface area contributed by atoms with Crippen molar-refractivity contribution < 1.29 is 19.1 Å². The van der Waals surface area contributed by atoms with Gasteiger partial charge in [0, 0.05) is 75.1 Å². The van der Waals surface area contributed by atoms with Crippen LogP contribution in [0.2, 0.25) is 0 Å². The smallest absolute Gasteiger partial charge is 0.342 e. The first-order chi connectivity index (χ1) is 20.4. The van der Waals surface area contributed by atoms with Crippen LogP contribution < -0.4 is 30.9 Å². The zero-order valence-electron chi connectivity index (χ0n) is 25.2. The van der Waals surface area contributed by atoms with Crippen molar-refractivity contribution in [1.29, 1.82) is 0 Å². The van der Waals surface area contributed by atoms with Gasteiger partial charge in [0.05, 0.1) is 19.7 Å². The molecule has 42 heavy (non-hydrogen) atoms. The molecule has 0 bridgehead atoms. The molecule has 0 spiro atoms. The highest BCUT2D eigenvalue weighted by molar-refractivity contribution is 5.94. The van der Waals surface area contributed by atoms with Gasteiger partial charge in [0.2, 0.25) is 0 Å². The number of methoxy groups -OCH3 is 2. The predicted molar refractivity (Wildman–Crippen MR) is 164 cm³/mol. The highest BCUT2D eigenvalue weighted by Crippen LogP contribution is 2.30. The molecule has 2 aromatic heterocycles. The number of anilines is 1. The summed E-state index contributed by atoms with van der Waals surface area (Å²) in [5, 5.41) is 9.68. The molecule has 1 fully saturated rings. The number of carbonyl (C=O) groups excluding carboxylic acids is 2. The summed E-state index contributed by atoms with van der Waals surface area (Å²) in [6.45, 7) is 10.5. The summed E-state index contributed by atoms with van der Waals surface area (Å²) < 4.78 is 12.4. The van der Waals surface area contributed by atoms with Crippen LogP contribution in [0.3, 0.4) is 0 Å². The number of nitrogens with one attached hydrogen (secondary N) is 3. The number of hydrogen-bond donors (Lipinski definition) is 3. The molecule has 3 heterocycles. The Hall–Kier alpha value is -4.16. The highest BCUT2D eigenvalue weighted by Gasteiger charge is 2.18.